The Balaban J connectivity index is 2.16. The average Bonchev–Trinajstić information content (AvgIpc) is 2.76. The number of nitrogens with zero attached hydrogens (tertiary/aromatic N) is 3. The van der Waals surface area contributed by atoms with Crippen molar-refractivity contribution in [1.29, 1.82) is 0 Å². The zero-order chi connectivity index (χ0) is 15.4. The van der Waals surface area contributed by atoms with Gasteiger partial charge in [0.1, 0.15) is 5.69 Å². The van der Waals surface area contributed by atoms with Gasteiger partial charge in [-0.2, -0.15) is 16.9 Å². The Bertz CT molecular complexity index is 495. The molecule has 118 valence electrons. The van der Waals surface area contributed by atoms with E-state index in [1.165, 1.54) is 12.8 Å². The van der Waals surface area contributed by atoms with Crippen LogP contribution in [0.3, 0.4) is 0 Å². The van der Waals surface area contributed by atoms with E-state index in [0.717, 1.165) is 24.5 Å². The molecule has 0 saturated heterocycles. The van der Waals surface area contributed by atoms with E-state index in [0.29, 0.717) is 24.1 Å². The average molecular weight is 312 g/mol. The molecule has 6 nitrogen and oxygen atoms in total. The van der Waals surface area contributed by atoms with Crippen molar-refractivity contribution < 1.29 is 4.92 Å². The molecule has 1 aromatic heterocycles. The predicted octanol–water partition coefficient (Wildman–Crippen LogP) is 3.60. The van der Waals surface area contributed by atoms with Crippen molar-refractivity contribution in [3.63, 3.8) is 0 Å². The first-order valence-electron chi connectivity index (χ1n) is 7.57. The maximum Gasteiger partial charge on any atom is 0.333 e. The van der Waals surface area contributed by atoms with Gasteiger partial charge in [0.2, 0.25) is 5.82 Å². The first-order chi connectivity index (χ1) is 10.1. The normalized spacial score (nSPS) is 22.2. The first kappa shape index (κ1) is 16.1. The summed E-state index contributed by atoms with van der Waals surface area (Å²) in [5, 5.41) is 19.8. The third kappa shape index (κ3) is 3.70. The third-order valence-corrected chi connectivity index (χ3v) is 5.20. The van der Waals surface area contributed by atoms with Crippen LogP contribution >= 0.6 is 11.8 Å². The third-order valence-electron chi connectivity index (χ3n) is 4.06. The van der Waals surface area contributed by atoms with Gasteiger partial charge in [0.25, 0.3) is 0 Å². The molecule has 0 spiro atoms. The fourth-order valence-corrected chi connectivity index (χ4v) is 3.69. The summed E-state index contributed by atoms with van der Waals surface area (Å²) in [5.41, 5.74) is 0.629. The summed E-state index contributed by atoms with van der Waals surface area (Å²) in [6.07, 6.45) is 7.55. The van der Waals surface area contributed by atoms with Crippen LogP contribution in [-0.2, 0) is 6.54 Å². The van der Waals surface area contributed by atoms with Gasteiger partial charge < -0.3 is 5.32 Å². The lowest BCUT2D eigenvalue weighted by Gasteiger charge is -2.28. The van der Waals surface area contributed by atoms with Gasteiger partial charge in [-0.25, -0.2) is 4.68 Å². The number of thioether (sulfide) groups is 1. The number of aryl methyl sites for hydroxylation is 2. The van der Waals surface area contributed by atoms with Crippen molar-refractivity contribution in [1.82, 2.24) is 9.78 Å². The molecule has 1 fully saturated rings. The molecule has 21 heavy (non-hydrogen) atoms. The zero-order valence-corrected chi connectivity index (χ0v) is 13.8. The smallest absolute Gasteiger partial charge is 0.333 e. The minimum Gasteiger partial charge on any atom is -0.362 e. The highest BCUT2D eigenvalue weighted by Gasteiger charge is 2.28. The molecule has 0 amide bonds. The van der Waals surface area contributed by atoms with Gasteiger partial charge in [0.05, 0.1) is 4.92 Å². The maximum atomic E-state index is 11.3. The monoisotopic (exact) mass is 312 g/mol. The van der Waals surface area contributed by atoms with Crippen LogP contribution in [0.4, 0.5) is 11.5 Å². The summed E-state index contributed by atoms with van der Waals surface area (Å²) in [6.45, 7) is 4.47. The molecule has 0 aromatic carbocycles. The molecule has 0 unspecified atom stereocenters. The molecular formula is C14H24N4O2S. The van der Waals surface area contributed by atoms with E-state index in [1.807, 2.05) is 11.8 Å². The number of anilines is 1. The molecule has 0 aliphatic heterocycles. The summed E-state index contributed by atoms with van der Waals surface area (Å²) < 4.78 is 1.76. The Morgan fingerprint density at radius 1 is 1.43 bits per heavy atom. The van der Waals surface area contributed by atoms with Crippen LogP contribution in [0.25, 0.3) is 0 Å². The number of nitro groups is 1. The number of rotatable bonds is 6. The molecule has 1 saturated carbocycles. The second-order valence-corrected chi connectivity index (χ2v) is 6.75. The van der Waals surface area contributed by atoms with Gasteiger partial charge in [-0.3, -0.25) is 10.1 Å². The van der Waals surface area contributed by atoms with Crippen molar-refractivity contribution in [2.75, 3.05) is 11.6 Å². The summed E-state index contributed by atoms with van der Waals surface area (Å²) in [6, 6.07) is 0.318. The quantitative estimate of drug-likeness (QED) is 0.642. The number of nitrogens with one attached hydrogen (secondary N) is 1. The lowest BCUT2D eigenvalue weighted by atomic mass is 9.95. The van der Waals surface area contributed by atoms with Gasteiger partial charge in [-0.1, -0.05) is 6.92 Å². The molecule has 7 heteroatoms. The van der Waals surface area contributed by atoms with Crippen LogP contribution in [0.5, 0.6) is 0 Å². The highest BCUT2D eigenvalue weighted by molar-refractivity contribution is 7.99. The van der Waals surface area contributed by atoms with Crippen LogP contribution in [-0.4, -0.2) is 32.3 Å². The molecule has 0 atom stereocenters. The van der Waals surface area contributed by atoms with Crippen molar-refractivity contribution in [3.8, 4) is 0 Å². The predicted molar refractivity (Wildman–Crippen MR) is 87.1 cm³/mol. The second-order valence-electron chi connectivity index (χ2n) is 5.62. The summed E-state index contributed by atoms with van der Waals surface area (Å²) in [7, 11) is 0. The fraction of sp³-hybridized carbons (Fsp3) is 0.786. The summed E-state index contributed by atoms with van der Waals surface area (Å²) >= 11 is 1.92. The van der Waals surface area contributed by atoms with E-state index in [9.17, 15) is 10.1 Å². The molecule has 0 radical (unpaired) electrons. The number of hydrogen-bond acceptors (Lipinski definition) is 5. The minimum atomic E-state index is -0.315. The van der Waals surface area contributed by atoms with Gasteiger partial charge in [-0.05, 0) is 45.3 Å². The van der Waals surface area contributed by atoms with Crippen LogP contribution in [0.2, 0.25) is 0 Å². The Morgan fingerprint density at radius 2 is 2.10 bits per heavy atom. The highest BCUT2D eigenvalue weighted by Crippen LogP contribution is 2.33. The van der Waals surface area contributed by atoms with Crippen molar-refractivity contribution in [2.24, 2.45) is 0 Å². The largest absolute Gasteiger partial charge is 0.362 e. The zero-order valence-electron chi connectivity index (χ0n) is 13.0. The number of hydrogen-bond donors (Lipinski definition) is 1. The van der Waals surface area contributed by atoms with Gasteiger partial charge in [-0.15, -0.1) is 0 Å². The van der Waals surface area contributed by atoms with E-state index >= 15 is 0 Å². The molecule has 1 heterocycles. The lowest BCUT2D eigenvalue weighted by molar-refractivity contribution is -0.384. The molecule has 2 rings (SSSR count). The molecular weight excluding hydrogens is 288 g/mol. The summed E-state index contributed by atoms with van der Waals surface area (Å²) in [5.74, 6) is 0.590. The van der Waals surface area contributed by atoms with E-state index in [4.69, 9.17) is 0 Å². The van der Waals surface area contributed by atoms with E-state index in [-0.39, 0.29) is 10.6 Å². The van der Waals surface area contributed by atoms with Crippen LogP contribution < -0.4 is 5.32 Å². The second kappa shape index (κ2) is 7.15. The van der Waals surface area contributed by atoms with Crippen LogP contribution in [0.1, 0.15) is 44.7 Å². The van der Waals surface area contributed by atoms with Crippen LogP contribution in [0.15, 0.2) is 0 Å². The Kier molecular flexibility index (Phi) is 5.50. The SMILES string of the molecule is CCCn1nc(C)c([N+](=O)[O-])c1NC1CCC(SC)CC1. The maximum absolute atomic E-state index is 11.3. The van der Waals surface area contributed by atoms with E-state index < -0.39 is 0 Å². The van der Waals surface area contributed by atoms with E-state index in [1.54, 1.807) is 11.6 Å². The summed E-state index contributed by atoms with van der Waals surface area (Å²) in [4.78, 5) is 11.0. The molecule has 1 aliphatic rings. The fourth-order valence-electron chi connectivity index (χ4n) is 2.94. The van der Waals surface area contributed by atoms with Gasteiger partial charge in [0, 0.05) is 17.8 Å². The molecule has 1 aromatic rings. The van der Waals surface area contributed by atoms with Crippen LogP contribution in [0, 0.1) is 17.0 Å². The molecule has 1 N–H and O–H groups in total. The Labute approximate surface area is 129 Å². The Hall–Kier alpha value is -1.24. The van der Waals surface area contributed by atoms with Gasteiger partial charge in [0.15, 0.2) is 0 Å². The standard InChI is InChI=1S/C14H24N4O2S/c1-4-9-17-14(13(18(19)20)10(2)16-17)15-11-5-7-12(21-3)8-6-11/h11-12,15H,4-9H2,1-3H3. The first-order valence-corrected chi connectivity index (χ1v) is 8.86. The van der Waals surface area contributed by atoms with E-state index in [2.05, 4.69) is 23.6 Å². The lowest BCUT2D eigenvalue weighted by Crippen LogP contribution is -2.28. The Morgan fingerprint density at radius 3 is 2.62 bits per heavy atom. The number of aromatic nitrogens is 2. The highest BCUT2D eigenvalue weighted by atomic mass is 32.2. The molecule has 1 aliphatic carbocycles. The topological polar surface area (TPSA) is 73.0 Å². The van der Waals surface area contributed by atoms with Gasteiger partial charge >= 0.3 is 5.69 Å². The van der Waals surface area contributed by atoms with Crippen molar-refractivity contribution in [2.45, 2.75) is 63.8 Å². The molecule has 0 bridgehead atoms. The minimum absolute atomic E-state index is 0.135. The van der Waals surface area contributed by atoms with Crippen molar-refractivity contribution in [3.05, 3.63) is 15.8 Å². The van der Waals surface area contributed by atoms with Crippen molar-refractivity contribution >= 4 is 23.3 Å².